The third-order valence-corrected chi connectivity index (χ3v) is 3.13. The number of hydrogen-bond acceptors (Lipinski definition) is 5. The quantitative estimate of drug-likeness (QED) is 0.486. The number of nitrogens with zero attached hydrogens (tertiary/aromatic N) is 2. The van der Waals surface area contributed by atoms with Crippen molar-refractivity contribution in [2.75, 3.05) is 11.9 Å². The maximum atomic E-state index is 11.6. The summed E-state index contributed by atoms with van der Waals surface area (Å²) in [5.41, 5.74) is 0.136. The average Bonchev–Trinajstić information content (AvgIpc) is 2.43. The van der Waals surface area contributed by atoms with E-state index in [9.17, 15) is 19.7 Å². The molecule has 1 atom stereocenters. The highest BCUT2D eigenvalue weighted by Crippen LogP contribution is 2.30. The summed E-state index contributed by atoms with van der Waals surface area (Å²) in [7, 11) is 1.46. The summed E-state index contributed by atoms with van der Waals surface area (Å²) in [4.78, 5) is 34.3. The van der Waals surface area contributed by atoms with Gasteiger partial charge in [0.05, 0.1) is 4.92 Å². The van der Waals surface area contributed by atoms with Crippen molar-refractivity contribution in [2.24, 2.45) is 0 Å². The molecule has 0 amide bonds. The first-order valence-corrected chi connectivity index (χ1v) is 6.06. The number of anilines is 1. The number of rotatable bonds is 6. The first kappa shape index (κ1) is 15.6. The van der Waals surface area contributed by atoms with E-state index >= 15 is 0 Å². The number of aliphatic carboxylic acids is 1. The molecular weight excluding hydrogens is 264 g/mol. The Bertz CT molecular complexity index is 556. The van der Waals surface area contributed by atoms with Crippen LogP contribution in [0.1, 0.15) is 30.6 Å². The molecule has 1 aromatic rings. The number of carboxylic acids is 1. The van der Waals surface area contributed by atoms with Crippen LogP contribution >= 0.6 is 0 Å². The smallest absolute Gasteiger partial charge is 0.326 e. The van der Waals surface area contributed by atoms with Crippen LogP contribution in [-0.2, 0) is 4.79 Å². The number of likely N-dealkylation sites (N-methyl/N-ethyl adjacent to an activating group) is 1. The van der Waals surface area contributed by atoms with Crippen LogP contribution in [-0.4, -0.2) is 34.9 Å². The average molecular weight is 280 g/mol. The summed E-state index contributed by atoms with van der Waals surface area (Å²) in [6.07, 6.45) is 0.248. The van der Waals surface area contributed by atoms with Crippen molar-refractivity contribution in [2.45, 2.75) is 26.3 Å². The lowest BCUT2D eigenvalue weighted by atomic mass is 10.1. The SMILES string of the molecule is CCC(=O)c1ccc(N(C)C(C)C(=O)O)c([N+](=O)[O-])c1. The Morgan fingerprint density at radius 3 is 2.50 bits per heavy atom. The number of carboxylic acid groups (broad SMARTS) is 1. The van der Waals surface area contributed by atoms with Crippen molar-refractivity contribution in [1.29, 1.82) is 0 Å². The van der Waals surface area contributed by atoms with Crippen molar-refractivity contribution >= 4 is 23.1 Å². The van der Waals surface area contributed by atoms with E-state index in [1.54, 1.807) is 6.92 Å². The molecule has 1 unspecified atom stereocenters. The Balaban J connectivity index is 3.30. The molecule has 7 heteroatoms. The third kappa shape index (κ3) is 3.11. The van der Waals surface area contributed by atoms with E-state index in [0.29, 0.717) is 0 Å². The van der Waals surface area contributed by atoms with Crippen LogP contribution in [0.4, 0.5) is 11.4 Å². The molecule has 0 aromatic heterocycles. The Hall–Kier alpha value is -2.44. The fraction of sp³-hybridized carbons (Fsp3) is 0.385. The molecule has 0 saturated heterocycles. The number of nitro groups is 1. The predicted molar refractivity (Wildman–Crippen MR) is 73.2 cm³/mol. The predicted octanol–water partition coefficient (Wildman–Crippen LogP) is 2.10. The lowest BCUT2D eigenvalue weighted by Gasteiger charge is -2.23. The largest absolute Gasteiger partial charge is 0.480 e. The van der Waals surface area contributed by atoms with Gasteiger partial charge in [-0.3, -0.25) is 14.9 Å². The molecule has 1 aromatic carbocycles. The summed E-state index contributed by atoms with van der Waals surface area (Å²) >= 11 is 0. The molecular formula is C13H16N2O5. The number of ketones is 1. The molecule has 0 heterocycles. The lowest BCUT2D eigenvalue weighted by molar-refractivity contribution is -0.384. The van der Waals surface area contributed by atoms with Gasteiger partial charge in [0.1, 0.15) is 11.7 Å². The number of hydrogen-bond donors (Lipinski definition) is 1. The van der Waals surface area contributed by atoms with E-state index < -0.39 is 16.9 Å². The minimum absolute atomic E-state index is 0.164. The molecule has 0 fully saturated rings. The topological polar surface area (TPSA) is 101 Å². The van der Waals surface area contributed by atoms with Gasteiger partial charge in [0.15, 0.2) is 5.78 Å². The Kier molecular flexibility index (Phi) is 4.79. The highest BCUT2D eigenvalue weighted by Gasteiger charge is 2.25. The molecule has 20 heavy (non-hydrogen) atoms. The molecule has 7 nitrogen and oxygen atoms in total. The molecule has 1 rings (SSSR count). The fourth-order valence-corrected chi connectivity index (χ4v) is 1.72. The van der Waals surface area contributed by atoms with Crippen LogP contribution in [0.3, 0.4) is 0 Å². The normalized spacial score (nSPS) is 11.8. The van der Waals surface area contributed by atoms with Crippen molar-refractivity contribution in [3.8, 4) is 0 Å². The van der Waals surface area contributed by atoms with Gasteiger partial charge in [0.2, 0.25) is 0 Å². The van der Waals surface area contributed by atoms with Crippen LogP contribution in [0, 0.1) is 10.1 Å². The third-order valence-electron chi connectivity index (χ3n) is 3.13. The summed E-state index contributed by atoms with van der Waals surface area (Å²) in [6.45, 7) is 3.10. The van der Waals surface area contributed by atoms with Crippen molar-refractivity contribution in [3.05, 3.63) is 33.9 Å². The molecule has 0 saturated carbocycles. The molecule has 0 aliphatic heterocycles. The summed E-state index contributed by atoms with van der Waals surface area (Å²) in [6, 6.07) is 3.15. The molecule has 1 N–H and O–H groups in total. The van der Waals surface area contributed by atoms with Gasteiger partial charge in [-0.05, 0) is 19.1 Å². The number of carbonyl (C=O) groups excluding carboxylic acids is 1. The van der Waals surface area contributed by atoms with E-state index in [1.807, 2.05) is 0 Å². The van der Waals surface area contributed by atoms with Gasteiger partial charge < -0.3 is 10.0 Å². The van der Waals surface area contributed by atoms with Crippen LogP contribution in [0.25, 0.3) is 0 Å². The standard InChI is InChI=1S/C13H16N2O5/c1-4-12(16)9-5-6-10(11(7-9)15(19)20)14(3)8(2)13(17)18/h5-8H,4H2,1-3H3,(H,17,18). The van der Waals surface area contributed by atoms with Crippen LogP contribution in [0.15, 0.2) is 18.2 Å². The maximum absolute atomic E-state index is 11.6. The maximum Gasteiger partial charge on any atom is 0.326 e. The zero-order chi connectivity index (χ0) is 15.4. The summed E-state index contributed by atoms with van der Waals surface area (Å²) < 4.78 is 0. The second kappa shape index (κ2) is 6.14. The summed E-state index contributed by atoms with van der Waals surface area (Å²) in [5.74, 6) is -1.29. The Labute approximate surface area is 116 Å². The second-order valence-electron chi connectivity index (χ2n) is 4.36. The van der Waals surface area contributed by atoms with Gasteiger partial charge in [-0.15, -0.1) is 0 Å². The van der Waals surface area contributed by atoms with Gasteiger partial charge in [0.25, 0.3) is 5.69 Å². The van der Waals surface area contributed by atoms with Crippen LogP contribution < -0.4 is 4.90 Å². The van der Waals surface area contributed by atoms with Gasteiger partial charge in [0, 0.05) is 25.1 Å². The first-order valence-electron chi connectivity index (χ1n) is 6.06. The van der Waals surface area contributed by atoms with Crippen molar-refractivity contribution in [3.63, 3.8) is 0 Å². The second-order valence-corrected chi connectivity index (χ2v) is 4.36. The Morgan fingerprint density at radius 2 is 2.05 bits per heavy atom. The molecule has 0 aliphatic carbocycles. The Morgan fingerprint density at radius 1 is 1.45 bits per heavy atom. The number of nitro benzene ring substituents is 1. The fourth-order valence-electron chi connectivity index (χ4n) is 1.72. The van der Waals surface area contributed by atoms with E-state index in [2.05, 4.69) is 0 Å². The highest BCUT2D eigenvalue weighted by molar-refractivity contribution is 5.97. The molecule has 0 bridgehead atoms. The van der Waals surface area contributed by atoms with E-state index in [1.165, 1.54) is 37.1 Å². The van der Waals surface area contributed by atoms with Gasteiger partial charge in [-0.25, -0.2) is 4.79 Å². The highest BCUT2D eigenvalue weighted by atomic mass is 16.6. The summed E-state index contributed by atoms with van der Waals surface area (Å²) in [5, 5.41) is 20.1. The van der Waals surface area contributed by atoms with Crippen molar-refractivity contribution < 1.29 is 19.6 Å². The van der Waals surface area contributed by atoms with E-state index in [-0.39, 0.29) is 29.1 Å². The minimum Gasteiger partial charge on any atom is -0.480 e. The van der Waals surface area contributed by atoms with Crippen molar-refractivity contribution in [1.82, 2.24) is 0 Å². The van der Waals surface area contributed by atoms with Crippen LogP contribution in [0.5, 0.6) is 0 Å². The lowest BCUT2D eigenvalue weighted by Crippen LogP contribution is -2.36. The zero-order valence-electron chi connectivity index (χ0n) is 11.5. The molecule has 0 aliphatic rings. The monoisotopic (exact) mass is 280 g/mol. The number of carbonyl (C=O) groups is 2. The molecule has 0 spiro atoms. The molecule has 0 radical (unpaired) electrons. The van der Waals surface area contributed by atoms with E-state index in [4.69, 9.17) is 5.11 Å². The minimum atomic E-state index is -1.09. The first-order chi connectivity index (χ1) is 9.29. The van der Waals surface area contributed by atoms with E-state index in [0.717, 1.165) is 0 Å². The van der Waals surface area contributed by atoms with Gasteiger partial charge >= 0.3 is 5.97 Å². The zero-order valence-corrected chi connectivity index (χ0v) is 11.5. The number of benzene rings is 1. The van der Waals surface area contributed by atoms with Gasteiger partial charge in [-0.1, -0.05) is 6.92 Å². The molecule has 108 valence electrons. The van der Waals surface area contributed by atoms with Gasteiger partial charge in [-0.2, -0.15) is 0 Å². The number of Topliss-reactive ketones (excluding diaryl/α,β-unsaturated/α-hetero) is 1. The van der Waals surface area contributed by atoms with Crippen LogP contribution in [0.2, 0.25) is 0 Å².